The van der Waals surface area contributed by atoms with Gasteiger partial charge in [-0.2, -0.15) is 0 Å². The van der Waals surface area contributed by atoms with E-state index in [1.807, 2.05) is 37.2 Å². The lowest BCUT2D eigenvalue weighted by Crippen LogP contribution is -2.23. The van der Waals surface area contributed by atoms with Crippen molar-refractivity contribution in [1.29, 1.82) is 0 Å². The Bertz CT molecular complexity index is 1330. The summed E-state index contributed by atoms with van der Waals surface area (Å²) in [5.74, 6) is -0.264. The summed E-state index contributed by atoms with van der Waals surface area (Å²) in [7, 11) is 3.87. The van der Waals surface area contributed by atoms with E-state index in [9.17, 15) is 9.59 Å². The van der Waals surface area contributed by atoms with E-state index in [0.717, 1.165) is 5.56 Å². The highest BCUT2D eigenvalue weighted by molar-refractivity contribution is 6.30. The van der Waals surface area contributed by atoms with Crippen molar-refractivity contribution in [1.82, 2.24) is 9.47 Å². The molecule has 1 amide bonds. The van der Waals surface area contributed by atoms with Crippen LogP contribution in [-0.4, -0.2) is 36.0 Å². The van der Waals surface area contributed by atoms with Gasteiger partial charge in [-0.05, 0) is 62.1 Å². The van der Waals surface area contributed by atoms with Gasteiger partial charge in [0, 0.05) is 23.8 Å². The molecule has 4 aromatic rings. The molecule has 0 radical (unpaired) electrons. The van der Waals surface area contributed by atoms with Gasteiger partial charge in [0.25, 0.3) is 5.91 Å². The number of amides is 1. The van der Waals surface area contributed by atoms with Crippen LogP contribution in [0.5, 0.6) is 5.75 Å². The Hall–Kier alpha value is -3.55. The van der Waals surface area contributed by atoms with Crippen molar-refractivity contribution in [3.05, 3.63) is 93.4 Å². The molecule has 0 bridgehead atoms. The van der Waals surface area contributed by atoms with Crippen LogP contribution in [-0.2, 0) is 13.2 Å². The predicted molar refractivity (Wildman–Crippen MR) is 129 cm³/mol. The summed E-state index contributed by atoms with van der Waals surface area (Å²) in [6.07, 6.45) is 0. The summed E-state index contributed by atoms with van der Waals surface area (Å²) in [5, 5.41) is 3.55. The number of nitrogens with zero attached hydrogens (tertiary/aromatic N) is 2. The average Bonchev–Trinajstić information content (AvgIpc) is 3.11. The van der Waals surface area contributed by atoms with Crippen molar-refractivity contribution in [2.45, 2.75) is 13.2 Å². The number of halogens is 1. The first-order chi connectivity index (χ1) is 15.9. The monoisotopic (exact) mass is 465 g/mol. The van der Waals surface area contributed by atoms with Crippen molar-refractivity contribution < 1.29 is 13.9 Å². The zero-order chi connectivity index (χ0) is 23.4. The maximum atomic E-state index is 13.0. The predicted octanol–water partition coefficient (Wildman–Crippen LogP) is 4.64. The molecule has 0 aliphatic heterocycles. The molecule has 8 heteroatoms. The Morgan fingerprint density at radius 2 is 1.85 bits per heavy atom. The Kier molecular flexibility index (Phi) is 6.82. The molecule has 33 heavy (non-hydrogen) atoms. The molecule has 4 rings (SSSR count). The van der Waals surface area contributed by atoms with Crippen LogP contribution in [0.4, 0.5) is 5.69 Å². The fraction of sp³-hybridized carbons (Fsp3) is 0.200. The number of carbonyl (C=O) groups excluding carboxylic acids is 1. The molecule has 0 spiro atoms. The number of hydrogen-bond acceptors (Lipinski definition) is 5. The number of anilines is 1. The van der Waals surface area contributed by atoms with Gasteiger partial charge in [-0.25, -0.2) is 4.79 Å². The van der Waals surface area contributed by atoms with Gasteiger partial charge in [-0.15, -0.1) is 0 Å². The average molecular weight is 466 g/mol. The van der Waals surface area contributed by atoms with E-state index in [1.165, 1.54) is 0 Å². The number of rotatable bonds is 8. The molecule has 3 aromatic carbocycles. The Morgan fingerprint density at radius 3 is 2.61 bits per heavy atom. The molecule has 1 aromatic heterocycles. The SMILES string of the molecule is CN(C)CCn1c(=O)oc2ccc(NC(=O)c3ccccc3OCc3ccc(Cl)cc3)cc21. The third-order valence-electron chi connectivity index (χ3n) is 5.14. The number of oxazole rings is 1. The number of hydrogen-bond donors (Lipinski definition) is 1. The smallest absolute Gasteiger partial charge is 0.419 e. The molecule has 0 unspecified atom stereocenters. The second-order valence-electron chi connectivity index (χ2n) is 7.87. The van der Waals surface area contributed by atoms with E-state index in [-0.39, 0.29) is 5.91 Å². The molecular formula is C25H24ClN3O4. The van der Waals surface area contributed by atoms with Crippen LogP contribution < -0.4 is 15.8 Å². The molecule has 7 nitrogen and oxygen atoms in total. The highest BCUT2D eigenvalue weighted by Crippen LogP contribution is 2.23. The van der Waals surface area contributed by atoms with E-state index < -0.39 is 5.76 Å². The van der Waals surface area contributed by atoms with Crippen LogP contribution in [0.15, 0.2) is 75.9 Å². The van der Waals surface area contributed by atoms with E-state index >= 15 is 0 Å². The molecule has 0 atom stereocenters. The quantitative estimate of drug-likeness (QED) is 0.410. The summed E-state index contributed by atoms with van der Waals surface area (Å²) in [5.41, 5.74) is 3.01. The third-order valence-corrected chi connectivity index (χ3v) is 5.39. The van der Waals surface area contributed by atoms with Crippen molar-refractivity contribution in [3.63, 3.8) is 0 Å². The molecule has 1 heterocycles. The minimum atomic E-state index is -0.420. The number of likely N-dealkylation sites (N-methyl/N-ethyl adjacent to an activating group) is 1. The van der Waals surface area contributed by atoms with E-state index in [0.29, 0.717) is 52.8 Å². The lowest BCUT2D eigenvalue weighted by molar-refractivity contribution is 0.102. The van der Waals surface area contributed by atoms with Crippen molar-refractivity contribution >= 4 is 34.3 Å². The lowest BCUT2D eigenvalue weighted by Gasteiger charge is -2.12. The first-order valence-electron chi connectivity index (χ1n) is 10.5. The van der Waals surface area contributed by atoms with Gasteiger partial charge in [0.05, 0.1) is 11.1 Å². The third kappa shape index (κ3) is 5.45. The van der Waals surface area contributed by atoms with Gasteiger partial charge in [0.2, 0.25) is 0 Å². The number of fused-ring (bicyclic) bond motifs is 1. The fourth-order valence-corrected chi connectivity index (χ4v) is 3.50. The van der Waals surface area contributed by atoms with Crippen molar-refractivity contribution in [2.75, 3.05) is 26.0 Å². The van der Waals surface area contributed by atoms with Crippen LogP contribution in [0, 0.1) is 0 Å². The Labute approximate surface area is 196 Å². The summed E-state index contributed by atoms with van der Waals surface area (Å²) in [6, 6.07) is 19.5. The Balaban J connectivity index is 1.53. The molecule has 0 aliphatic carbocycles. The first-order valence-corrected chi connectivity index (χ1v) is 10.8. The summed E-state index contributed by atoms with van der Waals surface area (Å²) in [6.45, 7) is 1.47. The van der Waals surface area contributed by atoms with Crippen molar-refractivity contribution in [3.8, 4) is 5.75 Å². The number of nitrogens with one attached hydrogen (secondary N) is 1. The number of ether oxygens (including phenoxy) is 1. The zero-order valence-electron chi connectivity index (χ0n) is 18.4. The molecule has 0 saturated carbocycles. The number of carbonyl (C=O) groups is 1. The van der Waals surface area contributed by atoms with Crippen LogP contribution in [0.1, 0.15) is 15.9 Å². The van der Waals surface area contributed by atoms with Gasteiger partial charge in [0.1, 0.15) is 12.4 Å². The maximum absolute atomic E-state index is 13.0. The lowest BCUT2D eigenvalue weighted by atomic mass is 10.1. The minimum Gasteiger partial charge on any atom is -0.488 e. The highest BCUT2D eigenvalue weighted by atomic mass is 35.5. The largest absolute Gasteiger partial charge is 0.488 e. The van der Waals surface area contributed by atoms with Gasteiger partial charge in [-0.3, -0.25) is 9.36 Å². The normalized spacial score (nSPS) is 11.2. The standard InChI is InChI=1S/C25H24ClN3O4/c1-28(2)13-14-29-21-15-19(11-12-23(21)33-25(29)31)27-24(30)20-5-3-4-6-22(20)32-16-17-7-9-18(26)10-8-17/h3-12,15H,13-14,16H2,1-2H3,(H,27,30). The van der Waals surface area contributed by atoms with E-state index in [1.54, 1.807) is 53.1 Å². The van der Waals surface area contributed by atoms with Gasteiger partial charge in [-0.1, -0.05) is 35.9 Å². The van der Waals surface area contributed by atoms with Gasteiger partial charge in [0.15, 0.2) is 5.58 Å². The molecule has 170 valence electrons. The van der Waals surface area contributed by atoms with Crippen LogP contribution >= 0.6 is 11.6 Å². The van der Waals surface area contributed by atoms with E-state index in [4.69, 9.17) is 20.8 Å². The van der Waals surface area contributed by atoms with Crippen LogP contribution in [0.25, 0.3) is 11.1 Å². The topological polar surface area (TPSA) is 76.7 Å². The van der Waals surface area contributed by atoms with Gasteiger partial charge >= 0.3 is 5.76 Å². The molecule has 0 aliphatic rings. The Morgan fingerprint density at radius 1 is 1.09 bits per heavy atom. The van der Waals surface area contributed by atoms with Crippen LogP contribution in [0.2, 0.25) is 5.02 Å². The minimum absolute atomic E-state index is 0.306. The first kappa shape index (κ1) is 22.6. The van der Waals surface area contributed by atoms with E-state index in [2.05, 4.69) is 5.32 Å². The zero-order valence-corrected chi connectivity index (χ0v) is 19.1. The molecular weight excluding hydrogens is 442 g/mol. The number of benzene rings is 3. The molecule has 0 saturated heterocycles. The van der Waals surface area contributed by atoms with Crippen molar-refractivity contribution in [2.24, 2.45) is 0 Å². The number of para-hydroxylation sites is 1. The fourth-order valence-electron chi connectivity index (χ4n) is 3.37. The van der Waals surface area contributed by atoms with Crippen LogP contribution in [0.3, 0.4) is 0 Å². The molecule has 0 fully saturated rings. The second kappa shape index (κ2) is 9.94. The summed E-state index contributed by atoms with van der Waals surface area (Å²) >= 11 is 5.93. The summed E-state index contributed by atoms with van der Waals surface area (Å²) in [4.78, 5) is 27.2. The van der Waals surface area contributed by atoms with Gasteiger partial charge < -0.3 is 19.4 Å². The molecule has 1 N–H and O–H groups in total. The maximum Gasteiger partial charge on any atom is 0.419 e. The second-order valence-corrected chi connectivity index (χ2v) is 8.31. The number of aromatic nitrogens is 1. The summed E-state index contributed by atoms with van der Waals surface area (Å²) < 4.78 is 12.8. The highest BCUT2D eigenvalue weighted by Gasteiger charge is 2.15.